The van der Waals surface area contributed by atoms with Crippen LogP contribution in [0.15, 0.2) is 56.1 Å². The first-order valence-electron chi connectivity index (χ1n) is 7.85. The Morgan fingerprint density at radius 1 is 1.15 bits per heavy atom. The zero-order valence-corrected chi connectivity index (χ0v) is 15.5. The van der Waals surface area contributed by atoms with Crippen LogP contribution in [0.4, 0.5) is 13.2 Å². The minimum Gasteiger partial charge on any atom is -0.450 e. The minimum absolute atomic E-state index is 0.00187. The van der Waals surface area contributed by atoms with E-state index in [1.54, 1.807) is 6.92 Å². The average Bonchev–Trinajstić information content (AvgIpc) is 2.61. The van der Waals surface area contributed by atoms with Gasteiger partial charge in [0.1, 0.15) is 11.3 Å². The lowest BCUT2D eigenvalue weighted by Crippen LogP contribution is -2.16. The van der Waals surface area contributed by atoms with Gasteiger partial charge in [0.05, 0.1) is 10.9 Å². The Kier molecular flexibility index (Phi) is 5.10. The highest BCUT2D eigenvalue weighted by atomic mass is 79.9. The zero-order chi connectivity index (χ0) is 19.8. The van der Waals surface area contributed by atoms with Crippen molar-refractivity contribution in [1.29, 1.82) is 0 Å². The fourth-order valence-electron chi connectivity index (χ4n) is 2.52. The van der Waals surface area contributed by atoms with E-state index in [1.807, 2.05) is 0 Å². The number of esters is 1. The van der Waals surface area contributed by atoms with Gasteiger partial charge < -0.3 is 9.15 Å². The monoisotopic (exact) mass is 440 g/mol. The fraction of sp³-hybridized carbons (Fsp3) is 0.158. The van der Waals surface area contributed by atoms with Gasteiger partial charge in [-0.1, -0.05) is 35.0 Å². The maximum Gasteiger partial charge on any atom is 0.450 e. The van der Waals surface area contributed by atoms with Crippen LogP contribution in [0.25, 0.3) is 22.1 Å². The Labute approximate surface area is 159 Å². The van der Waals surface area contributed by atoms with Crippen LogP contribution in [0, 0.1) is 0 Å². The van der Waals surface area contributed by atoms with E-state index >= 15 is 0 Å². The molecule has 0 saturated heterocycles. The molecule has 3 rings (SSSR count). The van der Waals surface area contributed by atoms with E-state index in [0.29, 0.717) is 4.47 Å². The molecule has 0 bridgehead atoms. The van der Waals surface area contributed by atoms with Crippen LogP contribution in [-0.4, -0.2) is 5.97 Å². The van der Waals surface area contributed by atoms with Crippen LogP contribution in [-0.2, 0) is 11.0 Å². The molecule has 3 aromatic rings. The van der Waals surface area contributed by atoms with Crippen molar-refractivity contribution in [3.8, 4) is 16.9 Å². The van der Waals surface area contributed by atoms with Crippen molar-refractivity contribution in [3.63, 3.8) is 0 Å². The second-order valence-corrected chi connectivity index (χ2v) is 6.54. The quantitative estimate of drug-likeness (QED) is 0.395. The molecule has 140 valence electrons. The Hall–Kier alpha value is -2.61. The molecule has 0 atom stereocenters. The molecule has 27 heavy (non-hydrogen) atoms. The van der Waals surface area contributed by atoms with Gasteiger partial charge >= 0.3 is 12.1 Å². The summed E-state index contributed by atoms with van der Waals surface area (Å²) in [7, 11) is 0. The van der Waals surface area contributed by atoms with Crippen LogP contribution in [0.2, 0.25) is 0 Å². The molecule has 1 aromatic heterocycles. The maximum atomic E-state index is 13.6. The van der Waals surface area contributed by atoms with Crippen molar-refractivity contribution in [2.75, 3.05) is 0 Å². The van der Waals surface area contributed by atoms with Crippen molar-refractivity contribution in [1.82, 2.24) is 0 Å². The van der Waals surface area contributed by atoms with E-state index in [4.69, 9.17) is 9.15 Å². The normalized spacial score (nSPS) is 11.6. The molecule has 0 N–H and O–H groups in total. The smallest absolute Gasteiger partial charge is 0.450 e. The SMILES string of the molecule is CCC(=O)Oc1ccc2c(=O)c(-c3ccc(Br)cc3)c(C(F)(F)F)oc2c1. The maximum absolute atomic E-state index is 13.6. The van der Waals surface area contributed by atoms with E-state index in [9.17, 15) is 22.8 Å². The Morgan fingerprint density at radius 2 is 1.81 bits per heavy atom. The molecule has 0 aliphatic carbocycles. The predicted molar refractivity (Wildman–Crippen MR) is 96.5 cm³/mol. The van der Waals surface area contributed by atoms with E-state index < -0.39 is 28.9 Å². The van der Waals surface area contributed by atoms with Gasteiger partial charge in [0.15, 0.2) is 0 Å². The highest BCUT2D eigenvalue weighted by molar-refractivity contribution is 9.10. The van der Waals surface area contributed by atoms with Crippen LogP contribution in [0.1, 0.15) is 19.1 Å². The van der Waals surface area contributed by atoms with Gasteiger partial charge in [-0.25, -0.2) is 0 Å². The number of rotatable bonds is 3. The van der Waals surface area contributed by atoms with E-state index in [1.165, 1.54) is 36.4 Å². The van der Waals surface area contributed by atoms with Crippen LogP contribution in [0.3, 0.4) is 0 Å². The van der Waals surface area contributed by atoms with E-state index in [-0.39, 0.29) is 28.7 Å². The molecule has 1 heterocycles. The lowest BCUT2D eigenvalue weighted by atomic mass is 10.0. The van der Waals surface area contributed by atoms with Crippen molar-refractivity contribution < 1.29 is 27.1 Å². The van der Waals surface area contributed by atoms with Crippen molar-refractivity contribution in [3.05, 3.63) is 62.9 Å². The number of ether oxygens (including phenoxy) is 1. The topological polar surface area (TPSA) is 56.5 Å². The number of fused-ring (bicyclic) bond motifs is 1. The molecular weight excluding hydrogens is 429 g/mol. The number of hydrogen-bond acceptors (Lipinski definition) is 4. The second-order valence-electron chi connectivity index (χ2n) is 5.63. The van der Waals surface area contributed by atoms with E-state index in [2.05, 4.69) is 15.9 Å². The zero-order valence-electron chi connectivity index (χ0n) is 13.9. The van der Waals surface area contributed by atoms with Crippen molar-refractivity contribution in [2.24, 2.45) is 0 Å². The van der Waals surface area contributed by atoms with Gasteiger partial charge in [-0.15, -0.1) is 0 Å². The summed E-state index contributed by atoms with van der Waals surface area (Å²) in [6, 6.07) is 9.58. The van der Waals surface area contributed by atoms with Gasteiger partial charge in [-0.2, -0.15) is 13.2 Å². The van der Waals surface area contributed by atoms with Crippen LogP contribution >= 0.6 is 15.9 Å². The average molecular weight is 441 g/mol. The molecule has 0 radical (unpaired) electrons. The number of carbonyl (C=O) groups excluding carboxylic acids is 1. The molecule has 8 heteroatoms. The Balaban J connectivity index is 2.27. The summed E-state index contributed by atoms with van der Waals surface area (Å²) in [6.45, 7) is 1.58. The third-order valence-corrected chi connectivity index (χ3v) is 4.30. The molecule has 0 unspecified atom stereocenters. The van der Waals surface area contributed by atoms with Crippen molar-refractivity contribution >= 4 is 32.9 Å². The molecule has 0 aliphatic heterocycles. The molecule has 0 aliphatic rings. The number of halogens is 4. The Morgan fingerprint density at radius 3 is 2.41 bits per heavy atom. The summed E-state index contributed by atoms with van der Waals surface area (Å²) >= 11 is 3.20. The third-order valence-electron chi connectivity index (χ3n) is 3.77. The number of alkyl halides is 3. The highest BCUT2D eigenvalue weighted by Gasteiger charge is 2.39. The molecular formula is C19H12BrF3O4. The van der Waals surface area contributed by atoms with Gasteiger partial charge in [0.2, 0.25) is 11.2 Å². The molecule has 4 nitrogen and oxygen atoms in total. The number of carbonyl (C=O) groups is 1. The largest absolute Gasteiger partial charge is 0.450 e. The van der Waals surface area contributed by atoms with Gasteiger partial charge in [0, 0.05) is 17.0 Å². The number of benzene rings is 2. The number of hydrogen-bond donors (Lipinski definition) is 0. The van der Waals surface area contributed by atoms with Crippen LogP contribution in [0.5, 0.6) is 5.75 Å². The summed E-state index contributed by atoms with van der Waals surface area (Å²) in [6.07, 6.45) is -4.79. The Bertz CT molecular complexity index is 1070. The summed E-state index contributed by atoms with van der Waals surface area (Å²) in [5, 5.41) is -0.0442. The summed E-state index contributed by atoms with van der Waals surface area (Å²) in [5.74, 6) is -1.96. The lowest BCUT2D eigenvalue weighted by molar-refractivity contribution is -0.152. The third kappa shape index (κ3) is 3.90. The highest BCUT2D eigenvalue weighted by Crippen LogP contribution is 2.38. The second kappa shape index (κ2) is 7.19. The first-order valence-corrected chi connectivity index (χ1v) is 8.64. The summed E-state index contributed by atoms with van der Waals surface area (Å²) in [5.41, 5.74) is -1.61. The molecule has 0 saturated carbocycles. The van der Waals surface area contributed by atoms with Crippen molar-refractivity contribution in [2.45, 2.75) is 19.5 Å². The minimum atomic E-state index is -4.88. The van der Waals surface area contributed by atoms with E-state index in [0.717, 1.165) is 6.07 Å². The van der Waals surface area contributed by atoms with Gasteiger partial charge in [0.25, 0.3) is 0 Å². The standard InChI is InChI=1S/C19H12BrF3O4/c1-2-15(24)26-12-7-8-13-14(9-12)27-18(19(21,22)23)16(17(13)25)10-3-5-11(20)6-4-10/h3-9H,2H2,1H3. The molecule has 0 spiro atoms. The molecule has 0 amide bonds. The van der Waals surface area contributed by atoms with Gasteiger partial charge in [-0.3, -0.25) is 9.59 Å². The fourth-order valence-corrected chi connectivity index (χ4v) is 2.78. The first-order chi connectivity index (χ1) is 12.7. The molecule has 2 aromatic carbocycles. The molecule has 0 fully saturated rings. The first kappa shape index (κ1) is 19.2. The summed E-state index contributed by atoms with van der Waals surface area (Å²) < 4.78 is 51.4. The van der Waals surface area contributed by atoms with Gasteiger partial charge in [-0.05, 0) is 29.8 Å². The lowest BCUT2D eigenvalue weighted by Gasteiger charge is -2.13. The predicted octanol–water partition coefficient (Wildman–Crippen LogP) is 5.56. The summed E-state index contributed by atoms with van der Waals surface area (Å²) in [4.78, 5) is 24.2. The van der Waals surface area contributed by atoms with Crippen LogP contribution < -0.4 is 10.2 Å².